The maximum absolute atomic E-state index is 11.2. The highest BCUT2D eigenvalue weighted by Crippen LogP contribution is 2.17. The lowest BCUT2D eigenvalue weighted by atomic mass is 10.2. The summed E-state index contributed by atoms with van der Waals surface area (Å²) >= 11 is 0. The number of aliphatic carboxylic acids is 1. The van der Waals surface area contributed by atoms with Gasteiger partial charge in [0.15, 0.2) is 0 Å². The molecule has 2 N–H and O–H groups in total. The Balaban J connectivity index is 2.51. The van der Waals surface area contributed by atoms with E-state index in [1.54, 1.807) is 13.8 Å². The summed E-state index contributed by atoms with van der Waals surface area (Å²) in [6.45, 7) is 3.52. The van der Waals surface area contributed by atoms with Gasteiger partial charge in [-0.15, -0.1) is 0 Å². The Kier molecular flexibility index (Phi) is 3.43. The SMILES string of the molecule is Cc1noc(NC(=O)CCC(=O)O)c1C. The van der Waals surface area contributed by atoms with Crippen LogP contribution in [0.2, 0.25) is 0 Å². The molecule has 6 nitrogen and oxygen atoms in total. The zero-order valence-corrected chi connectivity index (χ0v) is 8.53. The van der Waals surface area contributed by atoms with Gasteiger partial charge in [0, 0.05) is 12.0 Å². The Morgan fingerprint density at radius 2 is 2.07 bits per heavy atom. The van der Waals surface area contributed by atoms with Gasteiger partial charge in [-0.05, 0) is 13.8 Å². The number of aromatic nitrogens is 1. The van der Waals surface area contributed by atoms with Crippen molar-refractivity contribution in [2.75, 3.05) is 5.32 Å². The monoisotopic (exact) mass is 212 g/mol. The predicted octanol–water partition coefficient (Wildman–Crippen LogP) is 1.09. The van der Waals surface area contributed by atoms with Crippen LogP contribution in [0.1, 0.15) is 24.1 Å². The van der Waals surface area contributed by atoms with Crippen LogP contribution in [0.5, 0.6) is 0 Å². The third kappa shape index (κ3) is 3.08. The van der Waals surface area contributed by atoms with E-state index < -0.39 is 11.9 Å². The van der Waals surface area contributed by atoms with Crippen molar-refractivity contribution in [1.29, 1.82) is 0 Å². The number of carbonyl (C=O) groups is 2. The molecule has 0 aromatic carbocycles. The molecule has 0 saturated carbocycles. The summed E-state index contributed by atoms with van der Waals surface area (Å²) in [6.07, 6.45) is -0.271. The van der Waals surface area contributed by atoms with Crippen LogP contribution in [-0.4, -0.2) is 22.1 Å². The van der Waals surface area contributed by atoms with Gasteiger partial charge in [0.05, 0.1) is 12.1 Å². The summed E-state index contributed by atoms with van der Waals surface area (Å²) < 4.78 is 4.84. The summed E-state index contributed by atoms with van der Waals surface area (Å²) in [4.78, 5) is 21.4. The first-order valence-corrected chi connectivity index (χ1v) is 4.45. The van der Waals surface area contributed by atoms with E-state index in [2.05, 4.69) is 10.5 Å². The molecule has 82 valence electrons. The molecule has 0 radical (unpaired) electrons. The molecule has 0 aliphatic heterocycles. The number of carbonyl (C=O) groups excluding carboxylic acids is 1. The minimum Gasteiger partial charge on any atom is -0.481 e. The maximum Gasteiger partial charge on any atom is 0.303 e. The van der Waals surface area contributed by atoms with E-state index in [-0.39, 0.29) is 18.7 Å². The summed E-state index contributed by atoms with van der Waals surface area (Å²) in [5.74, 6) is -1.12. The van der Waals surface area contributed by atoms with E-state index in [0.717, 1.165) is 5.56 Å². The van der Waals surface area contributed by atoms with Crippen LogP contribution < -0.4 is 5.32 Å². The predicted molar refractivity (Wildman–Crippen MR) is 51.5 cm³/mol. The zero-order valence-electron chi connectivity index (χ0n) is 8.53. The van der Waals surface area contributed by atoms with E-state index in [1.165, 1.54) is 0 Å². The molecule has 0 unspecified atom stereocenters. The Morgan fingerprint density at radius 3 is 2.53 bits per heavy atom. The van der Waals surface area contributed by atoms with Crippen LogP contribution in [0, 0.1) is 13.8 Å². The first kappa shape index (κ1) is 11.2. The molecule has 0 spiro atoms. The average molecular weight is 212 g/mol. The molecule has 0 atom stereocenters. The number of anilines is 1. The Bertz CT molecular complexity index is 383. The minimum atomic E-state index is -1.00. The van der Waals surface area contributed by atoms with Gasteiger partial charge in [-0.25, -0.2) is 0 Å². The molecule has 1 heterocycles. The largest absolute Gasteiger partial charge is 0.481 e. The van der Waals surface area contributed by atoms with Gasteiger partial charge in [0.25, 0.3) is 0 Å². The summed E-state index contributed by atoms with van der Waals surface area (Å²) in [7, 11) is 0. The normalized spacial score (nSPS) is 10.0. The van der Waals surface area contributed by atoms with Crippen LogP contribution in [-0.2, 0) is 9.59 Å². The number of amides is 1. The molecule has 1 rings (SSSR count). The van der Waals surface area contributed by atoms with E-state index in [0.29, 0.717) is 5.69 Å². The first-order chi connectivity index (χ1) is 7.00. The number of carboxylic acid groups (broad SMARTS) is 1. The van der Waals surface area contributed by atoms with Crippen LogP contribution >= 0.6 is 0 Å². The van der Waals surface area contributed by atoms with Gasteiger partial charge in [-0.3, -0.25) is 14.9 Å². The van der Waals surface area contributed by atoms with Crippen LogP contribution in [0.4, 0.5) is 5.88 Å². The molecule has 0 fully saturated rings. The topological polar surface area (TPSA) is 92.4 Å². The summed E-state index contributed by atoms with van der Waals surface area (Å²) in [5.41, 5.74) is 1.45. The molecule has 1 aromatic rings. The van der Waals surface area contributed by atoms with Crippen LogP contribution in [0.3, 0.4) is 0 Å². The van der Waals surface area contributed by atoms with Crippen molar-refractivity contribution in [1.82, 2.24) is 5.16 Å². The highest BCUT2D eigenvalue weighted by molar-refractivity contribution is 5.91. The van der Waals surface area contributed by atoms with E-state index in [9.17, 15) is 9.59 Å². The molecular formula is C9H12N2O4. The Labute approximate surface area is 86.3 Å². The van der Waals surface area contributed by atoms with Gasteiger partial charge in [-0.1, -0.05) is 5.16 Å². The molecule has 1 aromatic heterocycles. The van der Waals surface area contributed by atoms with Gasteiger partial charge in [0.1, 0.15) is 0 Å². The number of nitrogens with one attached hydrogen (secondary N) is 1. The van der Waals surface area contributed by atoms with Crippen molar-refractivity contribution in [3.05, 3.63) is 11.3 Å². The number of aryl methyl sites for hydroxylation is 1. The van der Waals surface area contributed by atoms with Gasteiger partial charge in [-0.2, -0.15) is 0 Å². The fraction of sp³-hybridized carbons (Fsp3) is 0.444. The third-order valence-electron chi connectivity index (χ3n) is 1.98. The fourth-order valence-corrected chi connectivity index (χ4v) is 0.942. The molecule has 6 heteroatoms. The number of hydrogen-bond donors (Lipinski definition) is 2. The van der Waals surface area contributed by atoms with Gasteiger partial charge in [0.2, 0.25) is 11.8 Å². The van der Waals surface area contributed by atoms with E-state index in [4.69, 9.17) is 9.63 Å². The zero-order chi connectivity index (χ0) is 11.4. The van der Waals surface area contributed by atoms with Gasteiger partial charge >= 0.3 is 5.97 Å². The van der Waals surface area contributed by atoms with Crippen molar-refractivity contribution in [2.45, 2.75) is 26.7 Å². The number of rotatable bonds is 4. The smallest absolute Gasteiger partial charge is 0.303 e. The van der Waals surface area contributed by atoms with Crippen molar-refractivity contribution >= 4 is 17.8 Å². The highest BCUT2D eigenvalue weighted by Gasteiger charge is 2.12. The second kappa shape index (κ2) is 4.59. The summed E-state index contributed by atoms with van der Waals surface area (Å²) in [6, 6.07) is 0. The number of hydrogen-bond acceptors (Lipinski definition) is 4. The number of nitrogens with zero attached hydrogens (tertiary/aromatic N) is 1. The van der Waals surface area contributed by atoms with Crippen molar-refractivity contribution < 1.29 is 19.2 Å². The highest BCUT2D eigenvalue weighted by atomic mass is 16.5. The van der Waals surface area contributed by atoms with E-state index >= 15 is 0 Å². The molecule has 0 aliphatic carbocycles. The van der Waals surface area contributed by atoms with Crippen molar-refractivity contribution in [3.8, 4) is 0 Å². The minimum absolute atomic E-state index is 0.0749. The fourth-order valence-electron chi connectivity index (χ4n) is 0.942. The Morgan fingerprint density at radius 1 is 1.40 bits per heavy atom. The lowest BCUT2D eigenvalue weighted by molar-refractivity contribution is -0.138. The molecule has 0 bridgehead atoms. The standard InChI is InChI=1S/C9H12N2O4/c1-5-6(2)11-15-9(5)10-7(12)3-4-8(13)14/h3-4H2,1-2H3,(H,10,12)(H,13,14). The average Bonchev–Trinajstić information content (AvgIpc) is 2.47. The number of carboxylic acids is 1. The quantitative estimate of drug-likeness (QED) is 0.779. The molecule has 15 heavy (non-hydrogen) atoms. The summed E-state index contributed by atoms with van der Waals surface area (Å²) in [5, 5.41) is 14.5. The third-order valence-corrected chi connectivity index (χ3v) is 1.98. The van der Waals surface area contributed by atoms with Crippen molar-refractivity contribution in [3.63, 3.8) is 0 Å². The van der Waals surface area contributed by atoms with Crippen LogP contribution in [0.15, 0.2) is 4.52 Å². The second-order valence-electron chi connectivity index (χ2n) is 3.16. The molecule has 1 amide bonds. The molecule has 0 saturated heterocycles. The van der Waals surface area contributed by atoms with Crippen LogP contribution in [0.25, 0.3) is 0 Å². The molecular weight excluding hydrogens is 200 g/mol. The lowest BCUT2D eigenvalue weighted by Crippen LogP contribution is -2.13. The first-order valence-electron chi connectivity index (χ1n) is 4.45. The lowest BCUT2D eigenvalue weighted by Gasteiger charge is -1.99. The van der Waals surface area contributed by atoms with E-state index in [1.807, 2.05) is 0 Å². The maximum atomic E-state index is 11.2. The van der Waals surface area contributed by atoms with Gasteiger partial charge < -0.3 is 9.63 Å². The van der Waals surface area contributed by atoms with Crippen molar-refractivity contribution in [2.24, 2.45) is 0 Å². The molecule has 0 aliphatic rings. The second-order valence-corrected chi connectivity index (χ2v) is 3.16. The Hall–Kier alpha value is -1.85.